The van der Waals surface area contributed by atoms with E-state index in [9.17, 15) is 14.4 Å². The van der Waals surface area contributed by atoms with E-state index in [2.05, 4.69) is 10.6 Å². The molecule has 0 aromatic heterocycles. The molecule has 1 aliphatic rings. The van der Waals surface area contributed by atoms with Gasteiger partial charge in [0.2, 0.25) is 5.91 Å². The number of carbonyl (C=O) groups is 3. The number of carboxylic acid groups (broad SMARTS) is 1. The van der Waals surface area contributed by atoms with Crippen molar-refractivity contribution in [2.45, 2.75) is 32.2 Å². The first-order chi connectivity index (χ1) is 9.51. The molecule has 0 aliphatic carbocycles. The second kappa shape index (κ2) is 5.73. The van der Waals surface area contributed by atoms with Crippen molar-refractivity contribution in [2.75, 3.05) is 5.32 Å². The van der Waals surface area contributed by atoms with Gasteiger partial charge in [0, 0.05) is 11.3 Å². The van der Waals surface area contributed by atoms with Crippen molar-refractivity contribution < 1.29 is 19.5 Å². The molecule has 1 heterocycles. The van der Waals surface area contributed by atoms with E-state index in [1.54, 1.807) is 18.2 Å². The molecule has 106 valence electrons. The monoisotopic (exact) mass is 276 g/mol. The molecule has 0 bridgehead atoms. The predicted octanol–water partition coefficient (Wildman–Crippen LogP) is 1.16. The van der Waals surface area contributed by atoms with Crippen LogP contribution in [0.5, 0.6) is 0 Å². The lowest BCUT2D eigenvalue weighted by Gasteiger charge is -2.13. The SMILES string of the molecule is CCCC(NC(=O)c1ccc2c(c1)NC(=O)C2)C(=O)O. The zero-order valence-electron chi connectivity index (χ0n) is 11.1. The first-order valence-corrected chi connectivity index (χ1v) is 6.47. The van der Waals surface area contributed by atoms with E-state index in [0.717, 1.165) is 5.56 Å². The van der Waals surface area contributed by atoms with Crippen LogP contribution in [0.3, 0.4) is 0 Å². The van der Waals surface area contributed by atoms with Crippen LogP contribution in [0.25, 0.3) is 0 Å². The van der Waals surface area contributed by atoms with Gasteiger partial charge in [0.1, 0.15) is 6.04 Å². The van der Waals surface area contributed by atoms with E-state index < -0.39 is 17.9 Å². The summed E-state index contributed by atoms with van der Waals surface area (Å²) in [6, 6.07) is 3.98. The maximum absolute atomic E-state index is 12.0. The second-order valence-corrected chi connectivity index (χ2v) is 4.75. The Hall–Kier alpha value is -2.37. The van der Waals surface area contributed by atoms with Crippen LogP contribution in [0.1, 0.15) is 35.7 Å². The van der Waals surface area contributed by atoms with Crippen LogP contribution in [-0.2, 0) is 16.0 Å². The molecular weight excluding hydrogens is 260 g/mol. The Morgan fingerprint density at radius 3 is 2.85 bits per heavy atom. The molecule has 0 saturated heterocycles. The third kappa shape index (κ3) is 2.96. The van der Waals surface area contributed by atoms with Gasteiger partial charge >= 0.3 is 5.97 Å². The van der Waals surface area contributed by atoms with Gasteiger partial charge in [-0.15, -0.1) is 0 Å². The van der Waals surface area contributed by atoms with Crippen molar-refractivity contribution in [1.82, 2.24) is 5.32 Å². The van der Waals surface area contributed by atoms with E-state index in [1.165, 1.54) is 0 Å². The maximum atomic E-state index is 12.0. The van der Waals surface area contributed by atoms with Crippen LogP contribution < -0.4 is 10.6 Å². The number of hydrogen-bond acceptors (Lipinski definition) is 3. The molecule has 3 N–H and O–H groups in total. The second-order valence-electron chi connectivity index (χ2n) is 4.75. The van der Waals surface area contributed by atoms with Gasteiger partial charge in [-0.1, -0.05) is 19.4 Å². The standard InChI is InChI=1S/C14H16N2O4/c1-2-3-10(14(19)20)16-13(18)9-5-4-8-7-12(17)15-11(8)6-9/h4-6,10H,2-3,7H2,1H3,(H,15,17)(H,16,18)(H,19,20). The van der Waals surface area contributed by atoms with Gasteiger partial charge in [-0.25, -0.2) is 4.79 Å². The highest BCUT2D eigenvalue weighted by molar-refractivity contribution is 6.02. The molecule has 6 heteroatoms. The van der Waals surface area contributed by atoms with Crippen molar-refractivity contribution in [3.05, 3.63) is 29.3 Å². The quantitative estimate of drug-likeness (QED) is 0.752. The van der Waals surface area contributed by atoms with Crippen LogP contribution in [0.2, 0.25) is 0 Å². The Morgan fingerprint density at radius 2 is 2.20 bits per heavy atom. The smallest absolute Gasteiger partial charge is 0.326 e. The van der Waals surface area contributed by atoms with E-state index in [0.29, 0.717) is 30.5 Å². The topological polar surface area (TPSA) is 95.5 Å². The largest absolute Gasteiger partial charge is 0.480 e. The van der Waals surface area contributed by atoms with Crippen LogP contribution in [0.15, 0.2) is 18.2 Å². The number of rotatable bonds is 5. The maximum Gasteiger partial charge on any atom is 0.326 e. The molecule has 1 aliphatic heterocycles. The molecule has 0 saturated carbocycles. The summed E-state index contributed by atoms with van der Waals surface area (Å²) in [5.74, 6) is -1.60. The summed E-state index contributed by atoms with van der Waals surface area (Å²) in [6.07, 6.45) is 1.35. The fraction of sp³-hybridized carbons (Fsp3) is 0.357. The molecule has 20 heavy (non-hydrogen) atoms. The molecule has 6 nitrogen and oxygen atoms in total. The normalized spacial score (nSPS) is 14.3. The van der Waals surface area contributed by atoms with E-state index >= 15 is 0 Å². The first kappa shape index (κ1) is 14.0. The molecular formula is C14H16N2O4. The minimum atomic E-state index is -1.05. The number of benzene rings is 1. The highest BCUT2D eigenvalue weighted by atomic mass is 16.4. The van der Waals surface area contributed by atoms with Crippen LogP contribution >= 0.6 is 0 Å². The lowest BCUT2D eigenvalue weighted by molar-refractivity contribution is -0.139. The number of carbonyl (C=O) groups excluding carboxylic acids is 2. The lowest BCUT2D eigenvalue weighted by Crippen LogP contribution is -2.40. The van der Waals surface area contributed by atoms with Gasteiger partial charge in [0.05, 0.1) is 6.42 Å². The van der Waals surface area contributed by atoms with Gasteiger partial charge in [-0.2, -0.15) is 0 Å². The minimum absolute atomic E-state index is 0.105. The Bertz CT molecular complexity index is 568. The van der Waals surface area contributed by atoms with Gasteiger partial charge in [0.15, 0.2) is 0 Å². The molecule has 1 unspecified atom stereocenters. The fourth-order valence-electron chi connectivity index (χ4n) is 2.14. The zero-order valence-corrected chi connectivity index (χ0v) is 11.1. The van der Waals surface area contributed by atoms with Crippen molar-refractivity contribution in [3.63, 3.8) is 0 Å². The average Bonchev–Trinajstić information content (AvgIpc) is 2.76. The molecule has 2 amide bonds. The summed E-state index contributed by atoms with van der Waals surface area (Å²) in [4.78, 5) is 34.3. The van der Waals surface area contributed by atoms with Gasteiger partial charge < -0.3 is 15.7 Å². The third-order valence-corrected chi connectivity index (χ3v) is 3.18. The summed E-state index contributed by atoms with van der Waals surface area (Å²) < 4.78 is 0. The van der Waals surface area contributed by atoms with Gasteiger partial charge in [0.25, 0.3) is 5.91 Å². The van der Waals surface area contributed by atoms with Crippen LogP contribution in [0.4, 0.5) is 5.69 Å². The number of aliphatic carboxylic acids is 1. The Morgan fingerprint density at radius 1 is 1.45 bits per heavy atom. The Labute approximate surface area is 116 Å². The van der Waals surface area contributed by atoms with Gasteiger partial charge in [-0.3, -0.25) is 9.59 Å². The molecule has 0 radical (unpaired) electrons. The molecule has 0 spiro atoms. The van der Waals surface area contributed by atoms with E-state index in [1.807, 2.05) is 6.92 Å². The molecule has 2 rings (SSSR count). The Kier molecular flexibility index (Phi) is 4.02. The summed E-state index contributed by atoms with van der Waals surface area (Å²) in [5, 5.41) is 14.2. The summed E-state index contributed by atoms with van der Waals surface area (Å²) in [6.45, 7) is 1.85. The van der Waals surface area contributed by atoms with E-state index in [4.69, 9.17) is 5.11 Å². The first-order valence-electron chi connectivity index (χ1n) is 6.47. The number of nitrogens with one attached hydrogen (secondary N) is 2. The van der Waals surface area contributed by atoms with Crippen molar-refractivity contribution >= 4 is 23.5 Å². The van der Waals surface area contributed by atoms with Crippen molar-refractivity contribution in [2.24, 2.45) is 0 Å². The molecule has 0 fully saturated rings. The molecule has 1 aromatic carbocycles. The fourth-order valence-corrected chi connectivity index (χ4v) is 2.14. The highest BCUT2D eigenvalue weighted by Crippen LogP contribution is 2.24. The lowest BCUT2D eigenvalue weighted by atomic mass is 10.1. The average molecular weight is 276 g/mol. The minimum Gasteiger partial charge on any atom is -0.480 e. The number of anilines is 1. The number of carboxylic acids is 1. The molecule has 1 atom stereocenters. The Balaban J connectivity index is 2.12. The van der Waals surface area contributed by atoms with Crippen molar-refractivity contribution in [1.29, 1.82) is 0 Å². The summed E-state index contributed by atoms with van der Waals surface area (Å²) in [7, 11) is 0. The van der Waals surface area contributed by atoms with Crippen LogP contribution in [-0.4, -0.2) is 28.9 Å². The summed E-state index contributed by atoms with van der Waals surface area (Å²) >= 11 is 0. The summed E-state index contributed by atoms with van der Waals surface area (Å²) in [5.41, 5.74) is 1.80. The number of hydrogen-bond donors (Lipinski definition) is 3. The zero-order chi connectivity index (χ0) is 14.7. The number of fused-ring (bicyclic) bond motifs is 1. The van der Waals surface area contributed by atoms with Crippen molar-refractivity contribution in [3.8, 4) is 0 Å². The van der Waals surface area contributed by atoms with E-state index in [-0.39, 0.29) is 5.91 Å². The van der Waals surface area contributed by atoms with Crippen LogP contribution in [0, 0.1) is 0 Å². The highest BCUT2D eigenvalue weighted by Gasteiger charge is 2.22. The third-order valence-electron chi connectivity index (χ3n) is 3.18. The number of amides is 2. The predicted molar refractivity (Wildman–Crippen MR) is 72.6 cm³/mol. The molecule has 1 aromatic rings. The van der Waals surface area contributed by atoms with Gasteiger partial charge in [-0.05, 0) is 24.1 Å².